The number of ether oxygens (including phenoxy) is 1. The molecular weight excluding hydrogens is 240 g/mol. The Balaban J connectivity index is 2.44. The highest BCUT2D eigenvalue weighted by Gasteiger charge is 2.32. The molecule has 0 spiro atoms. The SMILES string of the molecule is CCC1Oc2ccc(C(C)C)cc2N(CCN)C1=O. The Morgan fingerprint density at radius 2 is 2.16 bits per heavy atom. The third-order valence-electron chi connectivity index (χ3n) is 3.47. The minimum absolute atomic E-state index is 0.0151. The van der Waals surface area contributed by atoms with Crippen molar-refractivity contribution in [2.75, 3.05) is 18.0 Å². The van der Waals surface area contributed by atoms with Crippen LogP contribution in [0.1, 0.15) is 38.7 Å². The molecule has 2 N–H and O–H groups in total. The van der Waals surface area contributed by atoms with E-state index in [1.165, 1.54) is 5.56 Å². The van der Waals surface area contributed by atoms with E-state index in [2.05, 4.69) is 19.9 Å². The number of hydrogen-bond acceptors (Lipinski definition) is 3. The smallest absolute Gasteiger partial charge is 0.268 e. The van der Waals surface area contributed by atoms with Crippen LogP contribution in [0.15, 0.2) is 18.2 Å². The molecule has 0 saturated heterocycles. The van der Waals surface area contributed by atoms with Gasteiger partial charge >= 0.3 is 0 Å². The summed E-state index contributed by atoms with van der Waals surface area (Å²) in [5, 5.41) is 0. The zero-order valence-corrected chi connectivity index (χ0v) is 11.8. The van der Waals surface area contributed by atoms with Crippen molar-refractivity contribution in [1.29, 1.82) is 0 Å². The highest BCUT2D eigenvalue weighted by atomic mass is 16.5. The van der Waals surface area contributed by atoms with E-state index in [0.717, 1.165) is 11.4 Å². The van der Waals surface area contributed by atoms with Crippen LogP contribution in [-0.4, -0.2) is 25.1 Å². The number of carbonyl (C=O) groups is 1. The molecule has 0 aromatic heterocycles. The monoisotopic (exact) mass is 262 g/mol. The van der Waals surface area contributed by atoms with Crippen LogP contribution in [0.2, 0.25) is 0 Å². The standard InChI is InChI=1S/C15H22N2O2/c1-4-13-15(18)17(8-7-16)12-9-11(10(2)3)5-6-14(12)19-13/h5-6,9-10,13H,4,7-8,16H2,1-3H3. The fourth-order valence-electron chi connectivity index (χ4n) is 2.32. The molecule has 1 aliphatic rings. The molecule has 0 saturated carbocycles. The van der Waals surface area contributed by atoms with Gasteiger partial charge in [0.15, 0.2) is 6.10 Å². The quantitative estimate of drug-likeness (QED) is 0.905. The van der Waals surface area contributed by atoms with E-state index < -0.39 is 0 Å². The number of hydrogen-bond donors (Lipinski definition) is 1. The molecule has 0 radical (unpaired) electrons. The maximum atomic E-state index is 12.3. The Morgan fingerprint density at radius 3 is 2.74 bits per heavy atom. The van der Waals surface area contributed by atoms with E-state index in [-0.39, 0.29) is 12.0 Å². The number of nitrogens with zero attached hydrogens (tertiary/aromatic N) is 1. The van der Waals surface area contributed by atoms with Gasteiger partial charge < -0.3 is 15.4 Å². The normalized spacial score (nSPS) is 18.5. The first-order valence-corrected chi connectivity index (χ1v) is 6.90. The van der Waals surface area contributed by atoms with E-state index in [9.17, 15) is 4.79 Å². The summed E-state index contributed by atoms with van der Waals surface area (Å²) in [6, 6.07) is 6.06. The van der Waals surface area contributed by atoms with Crippen LogP contribution in [0.25, 0.3) is 0 Å². The summed E-state index contributed by atoms with van der Waals surface area (Å²) in [6.45, 7) is 7.21. The third-order valence-corrected chi connectivity index (χ3v) is 3.47. The van der Waals surface area contributed by atoms with Gasteiger partial charge in [-0.2, -0.15) is 0 Å². The fraction of sp³-hybridized carbons (Fsp3) is 0.533. The van der Waals surface area contributed by atoms with E-state index in [0.29, 0.717) is 25.4 Å². The van der Waals surface area contributed by atoms with Crippen LogP contribution in [0, 0.1) is 0 Å². The van der Waals surface area contributed by atoms with Crippen molar-refractivity contribution in [1.82, 2.24) is 0 Å². The van der Waals surface area contributed by atoms with Crippen LogP contribution in [0.3, 0.4) is 0 Å². The summed E-state index contributed by atoms with van der Waals surface area (Å²) in [7, 11) is 0. The highest BCUT2D eigenvalue weighted by molar-refractivity contribution is 6.00. The predicted molar refractivity (Wildman–Crippen MR) is 76.6 cm³/mol. The average Bonchev–Trinajstić information content (AvgIpc) is 2.41. The van der Waals surface area contributed by atoms with Gasteiger partial charge in [0, 0.05) is 13.1 Å². The van der Waals surface area contributed by atoms with Crippen molar-refractivity contribution in [2.24, 2.45) is 5.73 Å². The molecule has 1 heterocycles. The van der Waals surface area contributed by atoms with Crippen LogP contribution in [0.5, 0.6) is 5.75 Å². The lowest BCUT2D eigenvalue weighted by molar-refractivity contribution is -0.126. The molecule has 1 aromatic rings. The number of benzene rings is 1. The molecule has 1 atom stereocenters. The van der Waals surface area contributed by atoms with Gasteiger partial charge in [0.05, 0.1) is 5.69 Å². The highest BCUT2D eigenvalue weighted by Crippen LogP contribution is 2.36. The average molecular weight is 262 g/mol. The predicted octanol–water partition coefficient (Wildman–Crippen LogP) is 2.27. The summed E-state index contributed by atoms with van der Waals surface area (Å²) in [6.07, 6.45) is 0.287. The second-order valence-corrected chi connectivity index (χ2v) is 5.18. The maximum absolute atomic E-state index is 12.3. The second kappa shape index (κ2) is 5.61. The number of amides is 1. The molecule has 1 amide bonds. The molecule has 0 fully saturated rings. The van der Waals surface area contributed by atoms with Crippen molar-refractivity contribution in [3.05, 3.63) is 23.8 Å². The van der Waals surface area contributed by atoms with Crippen molar-refractivity contribution in [3.63, 3.8) is 0 Å². The minimum atomic E-state index is -0.385. The summed E-state index contributed by atoms with van der Waals surface area (Å²) in [5.74, 6) is 1.22. The second-order valence-electron chi connectivity index (χ2n) is 5.18. The molecule has 0 bridgehead atoms. The first-order chi connectivity index (χ1) is 9.08. The lowest BCUT2D eigenvalue weighted by Gasteiger charge is -2.34. The lowest BCUT2D eigenvalue weighted by atomic mass is 10.0. The van der Waals surface area contributed by atoms with Crippen molar-refractivity contribution < 1.29 is 9.53 Å². The summed E-state index contributed by atoms with van der Waals surface area (Å²) in [4.78, 5) is 14.1. The van der Waals surface area contributed by atoms with E-state index >= 15 is 0 Å². The van der Waals surface area contributed by atoms with Crippen molar-refractivity contribution in [2.45, 2.75) is 39.2 Å². The largest absolute Gasteiger partial charge is 0.478 e. The molecule has 4 nitrogen and oxygen atoms in total. The van der Waals surface area contributed by atoms with Gasteiger partial charge in [-0.3, -0.25) is 4.79 Å². The third kappa shape index (κ3) is 2.59. The Hall–Kier alpha value is -1.55. The van der Waals surface area contributed by atoms with Gasteiger partial charge in [0.1, 0.15) is 5.75 Å². The topological polar surface area (TPSA) is 55.6 Å². The maximum Gasteiger partial charge on any atom is 0.268 e. The first kappa shape index (κ1) is 13.9. The van der Waals surface area contributed by atoms with Gasteiger partial charge in [-0.25, -0.2) is 0 Å². The van der Waals surface area contributed by atoms with E-state index in [1.807, 2.05) is 19.1 Å². The van der Waals surface area contributed by atoms with Crippen LogP contribution >= 0.6 is 0 Å². The molecule has 2 rings (SSSR count). The molecule has 1 unspecified atom stereocenters. The van der Waals surface area contributed by atoms with Crippen molar-refractivity contribution >= 4 is 11.6 Å². The van der Waals surface area contributed by atoms with Gasteiger partial charge in [-0.05, 0) is 30.0 Å². The summed E-state index contributed by atoms with van der Waals surface area (Å²) < 4.78 is 5.77. The Kier molecular flexibility index (Phi) is 4.10. The lowest BCUT2D eigenvalue weighted by Crippen LogP contribution is -2.47. The molecule has 104 valence electrons. The Morgan fingerprint density at radius 1 is 1.42 bits per heavy atom. The number of carbonyl (C=O) groups excluding carboxylic acids is 1. The molecule has 0 aliphatic carbocycles. The fourth-order valence-corrected chi connectivity index (χ4v) is 2.32. The number of anilines is 1. The Bertz CT molecular complexity index is 471. The molecule has 19 heavy (non-hydrogen) atoms. The summed E-state index contributed by atoms with van der Waals surface area (Å²) in [5.41, 5.74) is 7.68. The zero-order chi connectivity index (χ0) is 14.0. The Labute approximate surface area is 114 Å². The van der Waals surface area contributed by atoms with Gasteiger partial charge in [0.25, 0.3) is 5.91 Å². The zero-order valence-electron chi connectivity index (χ0n) is 11.8. The van der Waals surface area contributed by atoms with Gasteiger partial charge in [-0.15, -0.1) is 0 Å². The molecular formula is C15H22N2O2. The molecule has 4 heteroatoms. The van der Waals surface area contributed by atoms with Gasteiger partial charge in [0.2, 0.25) is 0 Å². The van der Waals surface area contributed by atoms with E-state index in [1.54, 1.807) is 4.90 Å². The molecule has 1 aliphatic heterocycles. The van der Waals surface area contributed by atoms with Crippen LogP contribution < -0.4 is 15.4 Å². The first-order valence-electron chi connectivity index (χ1n) is 6.90. The van der Waals surface area contributed by atoms with E-state index in [4.69, 9.17) is 10.5 Å². The number of fused-ring (bicyclic) bond motifs is 1. The van der Waals surface area contributed by atoms with Crippen molar-refractivity contribution in [3.8, 4) is 5.75 Å². The number of rotatable bonds is 4. The molecule has 1 aromatic carbocycles. The van der Waals surface area contributed by atoms with Gasteiger partial charge in [-0.1, -0.05) is 26.8 Å². The number of nitrogens with two attached hydrogens (primary N) is 1. The van der Waals surface area contributed by atoms with Crippen LogP contribution in [-0.2, 0) is 4.79 Å². The summed E-state index contributed by atoms with van der Waals surface area (Å²) >= 11 is 0. The van der Waals surface area contributed by atoms with Crippen LogP contribution in [0.4, 0.5) is 5.69 Å². The minimum Gasteiger partial charge on any atom is -0.478 e.